The summed E-state index contributed by atoms with van der Waals surface area (Å²) in [6, 6.07) is 18.8. The van der Waals surface area contributed by atoms with Gasteiger partial charge in [-0.05, 0) is 49.5 Å². The zero-order valence-electron chi connectivity index (χ0n) is 18.4. The molecule has 3 heteroatoms. The van der Waals surface area contributed by atoms with Crippen LogP contribution in [0.15, 0.2) is 54.6 Å². The van der Waals surface area contributed by atoms with Gasteiger partial charge < -0.3 is 9.80 Å². The van der Waals surface area contributed by atoms with Crippen LogP contribution in [-0.2, 0) is 16.8 Å². The van der Waals surface area contributed by atoms with Gasteiger partial charge in [-0.15, -0.1) is 0 Å². The van der Waals surface area contributed by atoms with Gasteiger partial charge in [0, 0.05) is 12.2 Å². The van der Waals surface area contributed by atoms with E-state index < -0.39 is 5.41 Å². The average molecular weight is 393 g/mol. The second kappa shape index (κ2) is 10.1. The van der Waals surface area contributed by atoms with Crippen molar-refractivity contribution in [2.75, 3.05) is 24.5 Å². The van der Waals surface area contributed by atoms with Crippen molar-refractivity contribution in [2.45, 2.75) is 64.8 Å². The smallest absolute Gasteiger partial charge is 0.239 e. The van der Waals surface area contributed by atoms with Crippen molar-refractivity contribution in [2.24, 2.45) is 0 Å². The van der Waals surface area contributed by atoms with E-state index in [-0.39, 0.29) is 5.91 Å². The molecule has 1 amide bonds. The summed E-state index contributed by atoms with van der Waals surface area (Å²) in [6.07, 6.45) is 5.59. The highest BCUT2D eigenvalue weighted by molar-refractivity contribution is 6.08. The van der Waals surface area contributed by atoms with E-state index in [2.05, 4.69) is 62.1 Å². The number of hydrogen-bond donors (Lipinski definition) is 0. The topological polar surface area (TPSA) is 23.6 Å². The van der Waals surface area contributed by atoms with E-state index >= 15 is 0 Å². The third-order valence-electron chi connectivity index (χ3n) is 6.30. The Bertz CT molecular complexity index is 780. The van der Waals surface area contributed by atoms with Gasteiger partial charge in [-0.25, -0.2) is 0 Å². The Morgan fingerprint density at radius 3 is 2.10 bits per heavy atom. The number of carbonyl (C=O) groups excluding carboxylic acids is 1. The van der Waals surface area contributed by atoms with E-state index in [9.17, 15) is 4.79 Å². The SMILES string of the molecule is CCCCN(CCCC)CC1(CC)C(=O)N(Cc2ccccc2)c2ccccc21. The molecule has 1 atom stereocenters. The first-order chi connectivity index (χ1) is 14.2. The van der Waals surface area contributed by atoms with Crippen molar-refractivity contribution in [3.8, 4) is 0 Å². The molecule has 0 aromatic heterocycles. The Morgan fingerprint density at radius 1 is 0.862 bits per heavy atom. The van der Waals surface area contributed by atoms with E-state index in [1.807, 2.05) is 23.1 Å². The number of fused-ring (bicyclic) bond motifs is 1. The van der Waals surface area contributed by atoms with E-state index in [1.165, 1.54) is 36.8 Å². The van der Waals surface area contributed by atoms with Crippen LogP contribution in [0.2, 0.25) is 0 Å². The minimum Gasteiger partial charge on any atom is -0.307 e. The monoisotopic (exact) mass is 392 g/mol. The first-order valence-electron chi connectivity index (χ1n) is 11.3. The summed E-state index contributed by atoms with van der Waals surface area (Å²) in [4.78, 5) is 18.5. The molecule has 0 saturated heterocycles. The predicted molar refractivity (Wildman–Crippen MR) is 122 cm³/mol. The Balaban J connectivity index is 1.93. The maximum absolute atomic E-state index is 13.9. The summed E-state index contributed by atoms with van der Waals surface area (Å²) in [7, 11) is 0. The van der Waals surface area contributed by atoms with Crippen LogP contribution >= 0.6 is 0 Å². The maximum atomic E-state index is 13.9. The van der Waals surface area contributed by atoms with Crippen LogP contribution in [0.3, 0.4) is 0 Å². The average Bonchev–Trinajstić information content (AvgIpc) is 2.99. The maximum Gasteiger partial charge on any atom is 0.239 e. The molecule has 0 fully saturated rings. The fraction of sp³-hybridized carbons (Fsp3) is 0.500. The second-order valence-electron chi connectivity index (χ2n) is 8.31. The largest absolute Gasteiger partial charge is 0.307 e. The highest BCUT2D eigenvalue weighted by Gasteiger charge is 2.50. The minimum absolute atomic E-state index is 0.267. The molecule has 1 unspecified atom stereocenters. The summed E-state index contributed by atoms with van der Waals surface area (Å²) in [5.74, 6) is 0.267. The molecule has 0 spiro atoms. The number of anilines is 1. The number of benzene rings is 2. The molecule has 29 heavy (non-hydrogen) atoms. The lowest BCUT2D eigenvalue weighted by Gasteiger charge is -2.34. The fourth-order valence-corrected chi connectivity index (χ4v) is 4.54. The van der Waals surface area contributed by atoms with Crippen molar-refractivity contribution in [3.63, 3.8) is 0 Å². The van der Waals surface area contributed by atoms with Crippen LogP contribution in [0.5, 0.6) is 0 Å². The van der Waals surface area contributed by atoms with Crippen LogP contribution in [0.25, 0.3) is 0 Å². The van der Waals surface area contributed by atoms with Crippen molar-refractivity contribution in [1.29, 1.82) is 0 Å². The van der Waals surface area contributed by atoms with Crippen LogP contribution in [0.1, 0.15) is 64.0 Å². The lowest BCUT2D eigenvalue weighted by atomic mass is 9.78. The molecule has 3 rings (SSSR count). The molecule has 1 heterocycles. The Hall–Kier alpha value is -2.13. The van der Waals surface area contributed by atoms with Crippen LogP contribution in [0, 0.1) is 0 Å². The quantitative estimate of drug-likeness (QED) is 0.484. The number of rotatable bonds is 11. The van der Waals surface area contributed by atoms with Gasteiger partial charge in [-0.2, -0.15) is 0 Å². The molecule has 3 nitrogen and oxygen atoms in total. The molecule has 0 saturated carbocycles. The lowest BCUT2D eigenvalue weighted by molar-refractivity contribution is -0.124. The molecule has 156 valence electrons. The van der Waals surface area contributed by atoms with Crippen molar-refractivity contribution >= 4 is 11.6 Å². The normalized spacial score (nSPS) is 18.5. The molecule has 2 aromatic rings. The molecule has 1 aliphatic rings. The van der Waals surface area contributed by atoms with Gasteiger partial charge in [0.2, 0.25) is 5.91 Å². The number of carbonyl (C=O) groups is 1. The third kappa shape index (κ3) is 4.56. The highest BCUT2D eigenvalue weighted by Crippen LogP contribution is 2.45. The Morgan fingerprint density at radius 2 is 1.48 bits per heavy atom. The molecule has 0 aliphatic carbocycles. The molecule has 1 aliphatic heterocycles. The van der Waals surface area contributed by atoms with Gasteiger partial charge >= 0.3 is 0 Å². The zero-order chi connectivity index (χ0) is 20.7. The van der Waals surface area contributed by atoms with Gasteiger partial charge in [0.1, 0.15) is 0 Å². The molecule has 0 radical (unpaired) electrons. The fourth-order valence-electron chi connectivity index (χ4n) is 4.54. The Kier molecular flexibility index (Phi) is 7.49. The molecule has 0 N–H and O–H groups in total. The third-order valence-corrected chi connectivity index (χ3v) is 6.30. The molecular formula is C26H36N2O. The number of hydrogen-bond acceptors (Lipinski definition) is 2. The summed E-state index contributed by atoms with van der Waals surface area (Å²) < 4.78 is 0. The number of unbranched alkanes of at least 4 members (excludes halogenated alkanes) is 2. The summed E-state index contributed by atoms with van der Waals surface area (Å²) in [5, 5.41) is 0. The molecule has 2 aromatic carbocycles. The minimum atomic E-state index is -0.438. The Labute approximate surface area is 176 Å². The van der Waals surface area contributed by atoms with E-state index in [0.29, 0.717) is 6.54 Å². The predicted octanol–water partition coefficient (Wildman–Crippen LogP) is 5.78. The van der Waals surface area contributed by atoms with E-state index in [0.717, 1.165) is 31.7 Å². The van der Waals surface area contributed by atoms with Gasteiger partial charge in [0.25, 0.3) is 0 Å². The first kappa shape index (κ1) is 21.6. The van der Waals surface area contributed by atoms with Gasteiger partial charge in [0.05, 0.1) is 12.0 Å². The molecular weight excluding hydrogens is 356 g/mol. The van der Waals surface area contributed by atoms with Crippen LogP contribution in [0.4, 0.5) is 5.69 Å². The van der Waals surface area contributed by atoms with Crippen LogP contribution in [-0.4, -0.2) is 30.4 Å². The highest BCUT2D eigenvalue weighted by atomic mass is 16.2. The van der Waals surface area contributed by atoms with Gasteiger partial charge in [0.15, 0.2) is 0 Å². The summed E-state index contributed by atoms with van der Waals surface area (Å²) >= 11 is 0. The van der Waals surface area contributed by atoms with E-state index in [4.69, 9.17) is 0 Å². The van der Waals surface area contributed by atoms with Crippen molar-refractivity contribution < 1.29 is 4.79 Å². The van der Waals surface area contributed by atoms with Crippen LogP contribution < -0.4 is 4.90 Å². The second-order valence-corrected chi connectivity index (χ2v) is 8.31. The van der Waals surface area contributed by atoms with Gasteiger partial charge in [-0.3, -0.25) is 4.79 Å². The van der Waals surface area contributed by atoms with Crippen molar-refractivity contribution in [1.82, 2.24) is 4.90 Å². The zero-order valence-corrected chi connectivity index (χ0v) is 18.4. The number of nitrogens with zero attached hydrogens (tertiary/aromatic N) is 2. The van der Waals surface area contributed by atoms with Crippen molar-refractivity contribution in [3.05, 3.63) is 65.7 Å². The molecule has 0 bridgehead atoms. The first-order valence-corrected chi connectivity index (χ1v) is 11.3. The van der Waals surface area contributed by atoms with E-state index in [1.54, 1.807) is 0 Å². The standard InChI is InChI=1S/C26H36N2O/c1-4-7-18-27(19-8-5-2)21-26(6-3)23-16-12-13-17-24(23)28(25(26)29)20-22-14-10-9-11-15-22/h9-17H,4-8,18-21H2,1-3H3. The summed E-state index contributed by atoms with van der Waals surface area (Å²) in [6.45, 7) is 10.3. The summed E-state index contributed by atoms with van der Waals surface area (Å²) in [5.41, 5.74) is 3.04. The number of para-hydroxylation sites is 1. The lowest BCUT2D eigenvalue weighted by Crippen LogP contribution is -2.48. The number of amides is 1. The van der Waals surface area contributed by atoms with Gasteiger partial charge in [-0.1, -0.05) is 82.1 Å².